The number of imidazole rings is 1. The zero-order chi connectivity index (χ0) is 20.7. The van der Waals surface area contributed by atoms with Crippen LogP contribution >= 0.6 is 0 Å². The topological polar surface area (TPSA) is 76.3 Å². The van der Waals surface area contributed by atoms with Crippen molar-refractivity contribution in [1.29, 1.82) is 0 Å². The van der Waals surface area contributed by atoms with Crippen LogP contribution in [0.3, 0.4) is 0 Å². The fourth-order valence-corrected chi connectivity index (χ4v) is 5.10. The van der Waals surface area contributed by atoms with E-state index < -0.39 is 11.9 Å². The standard InChI is InChI=1S/C22H30N4O3/c1-4-5-15-10-12-25(13-11-15)16-6-7-17-20(14(16)2)24(3)22(29)26(17)18-8-9-19(27)23-21(18)28/h6-7,15,18H,4-5,8-13H2,1-3H3,(H,23,27,28). The molecule has 4 rings (SSSR count). The van der Waals surface area contributed by atoms with Gasteiger partial charge in [-0.1, -0.05) is 19.8 Å². The summed E-state index contributed by atoms with van der Waals surface area (Å²) in [4.78, 5) is 39.3. The quantitative estimate of drug-likeness (QED) is 0.804. The molecular weight excluding hydrogens is 368 g/mol. The summed E-state index contributed by atoms with van der Waals surface area (Å²) in [7, 11) is 1.76. The summed E-state index contributed by atoms with van der Waals surface area (Å²) in [6.07, 6.45) is 5.57. The Kier molecular flexibility index (Phi) is 5.23. The Labute approximate surface area is 170 Å². The number of hydrogen-bond acceptors (Lipinski definition) is 4. The molecule has 2 aromatic rings. The number of amides is 2. The zero-order valence-corrected chi connectivity index (χ0v) is 17.5. The number of rotatable bonds is 4. The Balaban J connectivity index is 1.71. The SMILES string of the molecule is CCCC1CCN(c2ccc3c(c2C)n(C)c(=O)n3C2CCC(=O)NC2=O)CC1. The molecule has 0 bridgehead atoms. The van der Waals surface area contributed by atoms with Crippen LogP contribution in [0, 0.1) is 12.8 Å². The summed E-state index contributed by atoms with van der Waals surface area (Å²) in [5.41, 5.74) is 3.66. The predicted octanol–water partition coefficient (Wildman–Crippen LogP) is 2.64. The minimum absolute atomic E-state index is 0.212. The van der Waals surface area contributed by atoms with Gasteiger partial charge in [-0.05, 0) is 49.8 Å². The number of anilines is 1. The van der Waals surface area contributed by atoms with Gasteiger partial charge in [-0.25, -0.2) is 4.79 Å². The van der Waals surface area contributed by atoms with Gasteiger partial charge in [0, 0.05) is 32.2 Å². The van der Waals surface area contributed by atoms with E-state index in [1.165, 1.54) is 31.4 Å². The van der Waals surface area contributed by atoms with Gasteiger partial charge in [0.2, 0.25) is 11.8 Å². The third-order valence-corrected chi connectivity index (χ3v) is 6.64. The van der Waals surface area contributed by atoms with Gasteiger partial charge >= 0.3 is 5.69 Å². The molecule has 1 N–H and O–H groups in total. The average Bonchev–Trinajstić information content (AvgIpc) is 2.95. The lowest BCUT2D eigenvalue weighted by Gasteiger charge is -2.34. The van der Waals surface area contributed by atoms with Crippen LogP contribution < -0.4 is 15.9 Å². The maximum absolute atomic E-state index is 13.0. The van der Waals surface area contributed by atoms with Crippen molar-refractivity contribution in [2.24, 2.45) is 13.0 Å². The lowest BCUT2D eigenvalue weighted by Crippen LogP contribution is -2.44. The molecule has 1 aromatic carbocycles. The third kappa shape index (κ3) is 3.36. The minimum Gasteiger partial charge on any atom is -0.371 e. The molecule has 2 saturated heterocycles. The van der Waals surface area contributed by atoms with Gasteiger partial charge in [-0.2, -0.15) is 0 Å². The second-order valence-electron chi connectivity index (χ2n) is 8.48. The number of fused-ring (bicyclic) bond motifs is 1. The maximum atomic E-state index is 13.0. The maximum Gasteiger partial charge on any atom is 0.329 e. The zero-order valence-electron chi connectivity index (χ0n) is 17.5. The highest BCUT2D eigenvalue weighted by Gasteiger charge is 2.32. The average molecular weight is 399 g/mol. The van der Waals surface area contributed by atoms with E-state index in [4.69, 9.17) is 0 Å². The Bertz CT molecular complexity index is 1010. The molecule has 1 atom stereocenters. The van der Waals surface area contributed by atoms with E-state index in [0.29, 0.717) is 6.42 Å². The van der Waals surface area contributed by atoms with Gasteiger partial charge in [0.15, 0.2) is 0 Å². The van der Waals surface area contributed by atoms with Gasteiger partial charge in [0.1, 0.15) is 6.04 Å². The Morgan fingerprint density at radius 2 is 1.83 bits per heavy atom. The first-order valence-electron chi connectivity index (χ1n) is 10.7. The molecule has 156 valence electrons. The van der Waals surface area contributed by atoms with Crippen LogP contribution in [0.2, 0.25) is 0 Å². The van der Waals surface area contributed by atoms with Crippen molar-refractivity contribution in [2.75, 3.05) is 18.0 Å². The van der Waals surface area contributed by atoms with Crippen LogP contribution in [-0.2, 0) is 16.6 Å². The number of carbonyl (C=O) groups excluding carboxylic acids is 2. The molecule has 2 fully saturated rings. The van der Waals surface area contributed by atoms with E-state index in [1.54, 1.807) is 16.2 Å². The highest BCUT2D eigenvalue weighted by Crippen LogP contribution is 2.33. The molecule has 0 aliphatic carbocycles. The van der Waals surface area contributed by atoms with Crippen molar-refractivity contribution in [2.45, 2.75) is 58.4 Å². The highest BCUT2D eigenvalue weighted by atomic mass is 16.2. The van der Waals surface area contributed by atoms with Crippen LogP contribution in [-0.4, -0.2) is 34.0 Å². The molecule has 7 nitrogen and oxygen atoms in total. The molecule has 2 aliphatic rings. The largest absolute Gasteiger partial charge is 0.371 e. The lowest BCUT2D eigenvalue weighted by atomic mass is 9.92. The van der Waals surface area contributed by atoms with Crippen LogP contribution in [0.15, 0.2) is 16.9 Å². The van der Waals surface area contributed by atoms with Gasteiger partial charge < -0.3 is 4.90 Å². The molecule has 1 unspecified atom stereocenters. The number of aromatic nitrogens is 2. The van der Waals surface area contributed by atoms with E-state index in [2.05, 4.69) is 30.1 Å². The summed E-state index contributed by atoms with van der Waals surface area (Å²) >= 11 is 0. The number of nitrogens with zero attached hydrogens (tertiary/aromatic N) is 3. The molecule has 1 aromatic heterocycles. The Morgan fingerprint density at radius 1 is 1.10 bits per heavy atom. The van der Waals surface area contributed by atoms with Crippen LogP contribution in [0.4, 0.5) is 5.69 Å². The number of aryl methyl sites for hydroxylation is 2. The fourth-order valence-electron chi connectivity index (χ4n) is 5.10. The van der Waals surface area contributed by atoms with Gasteiger partial charge in [0.25, 0.3) is 0 Å². The Hall–Kier alpha value is -2.57. The summed E-state index contributed by atoms with van der Waals surface area (Å²) in [6, 6.07) is 3.40. The summed E-state index contributed by atoms with van der Waals surface area (Å²) in [6.45, 7) is 6.39. The van der Waals surface area contributed by atoms with Crippen LogP contribution in [0.25, 0.3) is 11.0 Å². The minimum atomic E-state index is -0.640. The molecule has 7 heteroatoms. The Morgan fingerprint density at radius 3 is 2.48 bits per heavy atom. The second-order valence-corrected chi connectivity index (χ2v) is 8.48. The van der Waals surface area contributed by atoms with Crippen molar-refractivity contribution in [3.8, 4) is 0 Å². The number of carbonyl (C=O) groups is 2. The molecule has 2 amide bonds. The van der Waals surface area contributed by atoms with Crippen molar-refractivity contribution < 1.29 is 9.59 Å². The lowest BCUT2D eigenvalue weighted by molar-refractivity contribution is -0.135. The van der Waals surface area contributed by atoms with E-state index in [1.807, 2.05) is 6.07 Å². The molecule has 0 spiro atoms. The van der Waals surface area contributed by atoms with Crippen LogP contribution in [0.5, 0.6) is 0 Å². The fraction of sp³-hybridized carbons (Fsp3) is 0.591. The second kappa shape index (κ2) is 7.69. The number of imide groups is 1. The molecular formula is C22H30N4O3. The van der Waals surface area contributed by atoms with Gasteiger partial charge in [0.05, 0.1) is 11.0 Å². The normalized spacial score (nSPS) is 21.1. The molecule has 0 saturated carbocycles. The summed E-state index contributed by atoms with van der Waals surface area (Å²) in [5, 5.41) is 2.37. The number of piperidine rings is 2. The van der Waals surface area contributed by atoms with E-state index >= 15 is 0 Å². The van der Waals surface area contributed by atoms with Crippen molar-refractivity contribution in [1.82, 2.24) is 14.5 Å². The first-order chi connectivity index (χ1) is 13.9. The summed E-state index contributed by atoms with van der Waals surface area (Å²) in [5.74, 6) is 0.151. The van der Waals surface area contributed by atoms with Crippen molar-refractivity contribution in [3.63, 3.8) is 0 Å². The van der Waals surface area contributed by atoms with Gasteiger partial charge in [-0.3, -0.25) is 24.0 Å². The van der Waals surface area contributed by atoms with Gasteiger partial charge in [-0.15, -0.1) is 0 Å². The smallest absolute Gasteiger partial charge is 0.329 e. The van der Waals surface area contributed by atoms with E-state index in [0.717, 1.165) is 35.6 Å². The van der Waals surface area contributed by atoms with E-state index in [-0.39, 0.29) is 18.0 Å². The van der Waals surface area contributed by atoms with Crippen molar-refractivity contribution in [3.05, 3.63) is 28.2 Å². The van der Waals surface area contributed by atoms with Crippen molar-refractivity contribution >= 4 is 28.5 Å². The van der Waals surface area contributed by atoms with E-state index in [9.17, 15) is 14.4 Å². The first kappa shape index (κ1) is 19.7. The van der Waals surface area contributed by atoms with Crippen LogP contribution in [0.1, 0.15) is 57.1 Å². The molecule has 3 heterocycles. The number of hydrogen-bond donors (Lipinski definition) is 1. The third-order valence-electron chi connectivity index (χ3n) is 6.64. The molecule has 2 aliphatic heterocycles. The monoisotopic (exact) mass is 398 g/mol. The first-order valence-corrected chi connectivity index (χ1v) is 10.7. The highest BCUT2D eigenvalue weighted by molar-refractivity contribution is 6.00. The molecule has 0 radical (unpaired) electrons. The molecule has 29 heavy (non-hydrogen) atoms. The summed E-state index contributed by atoms with van der Waals surface area (Å²) < 4.78 is 3.20. The predicted molar refractivity (Wildman–Crippen MR) is 113 cm³/mol. The number of nitrogens with one attached hydrogen (secondary N) is 1. The number of benzene rings is 1.